The Labute approximate surface area is 169 Å². The van der Waals surface area contributed by atoms with Crippen molar-refractivity contribution in [3.63, 3.8) is 0 Å². The molecule has 3 rings (SSSR count). The Morgan fingerprint density at radius 3 is 2.61 bits per heavy atom. The van der Waals surface area contributed by atoms with Crippen LogP contribution in [0.2, 0.25) is 0 Å². The van der Waals surface area contributed by atoms with Crippen LogP contribution in [-0.4, -0.2) is 45.5 Å². The Balaban J connectivity index is 1.72. The zero-order valence-electron chi connectivity index (χ0n) is 16.2. The number of allylic oxidation sites excluding steroid dienone is 1. The molecule has 0 saturated carbocycles. The number of esters is 1. The molecule has 2 aliphatic heterocycles. The molecule has 7 heteroatoms. The number of amides is 2. The molecule has 6 nitrogen and oxygen atoms in total. The van der Waals surface area contributed by atoms with E-state index >= 15 is 0 Å². The normalized spacial score (nSPS) is 21.5. The molecule has 1 N–H and O–H groups in total. The van der Waals surface area contributed by atoms with Gasteiger partial charge >= 0.3 is 5.97 Å². The van der Waals surface area contributed by atoms with E-state index in [4.69, 9.17) is 4.74 Å². The van der Waals surface area contributed by atoms with Crippen LogP contribution in [0.15, 0.2) is 54.3 Å². The van der Waals surface area contributed by atoms with E-state index in [9.17, 15) is 14.4 Å². The number of benzene rings is 1. The first-order valence-corrected chi connectivity index (χ1v) is 10.1. The highest BCUT2D eigenvalue weighted by Crippen LogP contribution is 2.41. The number of β-lactam (4-membered cyclic amide) rings is 1. The average molecular weight is 401 g/mol. The highest BCUT2D eigenvalue weighted by Gasteiger charge is 2.54. The molecule has 1 aromatic rings. The lowest BCUT2D eigenvalue weighted by atomic mass is 10.0. The summed E-state index contributed by atoms with van der Waals surface area (Å²) in [5.41, 5.74) is 1.10. The molecule has 0 radical (unpaired) electrons. The van der Waals surface area contributed by atoms with Gasteiger partial charge in [-0.3, -0.25) is 14.5 Å². The molecule has 2 heterocycles. The Hall–Kier alpha value is -2.54. The van der Waals surface area contributed by atoms with E-state index in [1.165, 1.54) is 16.7 Å². The van der Waals surface area contributed by atoms with Gasteiger partial charge in [-0.1, -0.05) is 43.0 Å². The zero-order chi connectivity index (χ0) is 20.5. The van der Waals surface area contributed by atoms with Crippen molar-refractivity contribution in [3.8, 4) is 0 Å². The molecule has 1 saturated heterocycles. The van der Waals surface area contributed by atoms with Gasteiger partial charge in [-0.05, 0) is 31.9 Å². The smallest absolute Gasteiger partial charge is 0.355 e. The molecular formula is C21H24N2O4S. The van der Waals surface area contributed by atoms with E-state index in [0.717, 1.165) is 5.56 Å². The van der Waals surface area contributed by atoms with E-state index in [1.807, 2.05) is 30.3 Å². The Morgan fingerprint density at radius 1 is 1.32 bits per heavy atom. The maximum atomic E-state index is 12.7. The van der Waals surface area contributed by atoms with Crippen LogP contribution in [0.25, 0.3) is 0 Å². The lowest BCUT2D eigenvalue weighted by Crippen LogP contribution is -2.70. The summed E-state index contributed by atoms with van der Waals surface area (Å²) in [5, 5.41) is 2.48. The zero-order valence-corrected chi connectivity index (χ0v) is 17.0. The first-order valence-electron chi connectivity index (χ1n) is 9.08. The van der Waals surface area contributed by atoms with E-state index in [0.29, 0.717) is 11.3 Å². The molecule has 0 aromatic heterocycles. The quantitative estimate of drug-likeness (QED) is 0.607. The second kappa shape index (κ2) is 7.83. The van der Waals surface area contributed by atoms with Gasteiger partial charge in [-0.25, -0.2) is 4.79 Å². The first-order chi connectivity index (χ1) is 13.2. The molecular weight excluding hydrogens is 376 g/mol. The molecule has 148 valence electrons. The minimum atomic E-state index is -0.673. The van der Waals surface area contributed by atoms with E-state index < -0.39 is 17.6 Å². The predicted molar refractivity (Wildman–Crippen MR) is 108 cm³/mol. The summed E-state index contributed by atoms with van der Waals surface area (Å²) in [6.07, 6.45) is 1.78. The highest BCUT2D eigenvalue weighted by molar-refractivity contribution is 8.00. The van der Waals surface area contributed by atoms with Gasteiger partial charge < -0.3 is 10.1 Å². The summed E-state index contributed by atoms with van der Waals surface area (Å²) in [5.74, 6) is -0.548. The first kappa shape index (κ1) is 20.2. The third-order valence-corrected chi connectivity index (χ3v) is 5.66. The highest BCUT2D eigenvalue weighted by atomic mass is 32.2. The molecule has 0 bridgehead atoms. The monoisotopic (exact) mass is 400 g/mol. The van der Waals surface area contributed by atoms with Crippen LogP contribution >= 0.6 is 11.8 Å². The number of hydrogen-bond acceptors (Lipinski definition) is 5. The van der Waals surface area contributed by atoms with Crippen LogP contribution in [0, 0.1) is 0 Å². The molecule has 1 aromatic carbocycles. The Morgan fingerprint density at radius 2 is 2.00 bits per heavy atom. The minimum absolute atomic E-state index is 0.203. The number of carbonyl (C=O) groups is 3. The Kier molecular flexibility index (Phi) is 5.65. The molecule has 28 heavy (non-hydrogen) atoms. The summed E-state index contributed by atoms with van der Waals surface area (Å²) in [6.45, 7) is 9.08. The van der Waals surface area contributed by atoms with Crippen molar-refractivity contribution in [1.29, 1.82) is 0 Å². The van der Waals surface area contributed by atoms with Crippen molar-refractivity contribution in [2.45, 2.75) is 44.2 Å². The van der Waals surface area contributed by atoms with Crippen molar-refractivity contribution in [2.24, 2.45) is 0 Å². The molecule has 0 aliphatic carbocycles. The molecule has 2 aliphatic rings. The summed E-state index contributed by atoms with van der Waals surface area (Å²) in [7, 11) is 0. The lowest BCUT2D eigenvalue weighted by molar-refractivity contribution is -0.158. The standard InChI is InChI=1S/C21H24N2O4S/c1-5-14-12-28-19-16(22-15(24)11-13-9-7-6-8-10-13)18(25)23(19)17(14)20(26)27-21(2,3)4/h5-10,16,19H,1,11-12H2,2-4H3,(H,22,24)/t16-,19-/m1/s1. The number of rotatable bonds is 5. The fourth-order valence-corrected chi connectivity index (χ4v) is 4.46. The van der Waals surface area contributed by atoms with Gasteiger partial charge in [0.25, 0.3) is 5.91 Å². The fraction of sp³-hybridized carbons (Fsp3) is 0.381. The number of nitrogens with zero attached hydrogens (tertiary/aromatic N) is 1. The van der Waals surface area contributed by atoms with E-state index in [1.54, 1.807) is 26.8 Å². The van der Waals surface area contributed by atoms with Crippen molar-refractivity contribution in [2.75, 3.05) is 5.75 Å². The largest absolute Gasteiger partial charge is 0.455 e. The lowest BCUT2D eigenvalue weighted by Gasteiger charge is -2.49. The Bertz CT molecular complexity index is 842. The van der Waals surface area contributed by atoms with Gasteiger partial charge in [-0.15, -0.1) is 11.8 Å². The predicted octanol–water partition coefficient (Wildman–Crippen LogP) is 2.41. The third kappa shape index (κ3) is 4.14. The summed E-state index contributed by atoms with van der Waals surface area (Å²) in [4.78, 5) is 39.2. The van der Waals surface area contributed by atoms with Crippen LogP contribution < -0.4 is 5.32 Å². The molecule has 1 fully saturated rings. The fourth-order valence-electron chi connectivity index (χ4n) is 3.12. The number of ether oxygens (including phenoxy) is 1. The van der Waals surface area contributed by atoms with Gasteiger partial charge in [-0.2, -0.15) is 0 Å². The summed E-state index contributed by atoms with van der Waals surface area (Å²) in [6, 6.07) is 8.70. The summed E-state index contributed by atoms with van der Waals surface area (Å²) >= 11 is 1.50. The number of thioether (sulfide) groups is 1. The van der Waals surface area contributed by atoms with Crippen LogP contribution in [0.1, 0.15) is 26.3 Å². The van der Waals surface area contributed by atoms with Crippen molar-refractivity contribution >= 4 is 29.5 Å². The average Bonchev–Trinajstić information content (AvgIpc) is 2.64. The third-order valence-electron chi connectivity index (χ3n) is 4.36. The number of fused-ring (bicyclic) bond motifs is 1. The maximum Gasteiger partial charge on any atom is 0.355 e. The van der Waals surface area contributed by atoms with Crippen LogP contribution in [0.3, 0.4) is 0 Å². The maximum absolute atomic E-state index is 12.7. The van der Waals surface area contributed by atoms with Gasteiger partial charge in [0.2, 0.25) is 5.91 Å². The van der Waals surface area contributed by atoms with Gasteiger partial charge in [0.05, 0.1) is 6.42 Å². The second-order valence-corrected chi connectivity index (χ2v) is 8.80. The SMILES string of the molecule is C=CC1=C(C(=O)OC(C)(C)C)N2C(=O)[C@@H](NC(=O)Cc3ccccc3)[C@H]2SC1. The van der Waals surface area contributed by atoms with Crippen molar-refractivity contribution in [3.05, 3.63) is 59.8 Å². The van der Waals surface area contributed by atoms with Crippen LogP contribution in [0.5, 0.6) is 0 Å². The van der Waals surface area contributed by atoms with Gasteiger partial charge in [0, 0.05) is 5.75 Å². The molecule has 0 unspecified atom stereocenters. The second-order valence-electron chi connectivity index (χ2n) is 7.70. The topological polar surface area (TPSA) is 75.7 Å². The van der Waals surface area contributed by atoms with Crippen LogP contribution in [0.4, 0.5) is 0 Å². The van der Waals surface area contributed by atoms with Crippen molar-refractivity contribution < 1.29 is 19.1 Å². The number of hydrogen-bond donors (Lipinski definition) is 1. The molecule has 2 atom stereocenters. The molecule has 2 amide bonds. The van der Waals surface area contributed by atoms with E-state index in [2.05, 4.69) is 11.9 Å². The van der Waals surface area contributed by atoms with Gasteiger partial charge in [0.15, 0.2) is 0 Å². The van der Waals surface area contributed by atoms with Gasteiger partial charge in [0.1, 0.15) is 22.7 Å². The van der Waals surface area contributed by atoms with Crippen molar-refractivity contribution in [1.82, 2.24) is 10.2 Å². The summed E-state index contributed by atoms with van der Waals surface area (Å²) < 4.78 is 5.47. The van der Waals surface area contributed by atoms with Crippen LogP contribution in [-0.2, 0) is 25.5 Å². The molecule has 0 spiro atoms. The number of nitrogens with one attached hydrogen (secondary N) is 1. The van der Waals surface area contributed by atoms with E-state index in [-0.39, 0.29) is 29.3 Å². The number of carbonyl (C=O) groups excluding carboxylic acids is 3. The minimum Gasteiger partial charge on any atom is -0.455 e.